The van der Waals surface area contributed by atoms with Crippen molar-refractivity contribution in [1.82, 2.24) is 4.90 Å². The molecule has 0 radical (unpaired) electrons. The Balaban J connectivity index is 2.67. The Bertz CT molecular complexity index is 426. The second-order valence-corrected chi connectivity index (χ2v) is 3.71. The van der Waals surface area contributed by atoms with E-state index in [0.29, 0.717) is 0 Å². The van der Waals surface area contributed by atoms with E-state index in [-0.39, 0.29) is 5.91 Å². The SMILES string of the molecule is CC(C(=O)O)N(C)C(=O)C=Cc1ccccc1. The van der Waals surface area contributed by atoms with Gasteiger partial charge in [-0.15, -0.1) is 0 Å². The average molecular weight is 233 g/mol. The van der Waals surface area contributed by atoms with E-state index in [9.17, 15) is 9.59 Å². The number of rotatable bonds is 4. The van der Waals surface area contributed by atoms with E-state index < -0.39 is 12.0 Å². The molecule has 1 unspecified atom stereocenters. The Labute approximate surface area is 100 Å². The molecule has 0 heterocycles. The first-order valence-electron chi connectivity index (χ1n) is 5.25. The van der Waals surface area contributed by atoms with Crippen molar-refractivity contribution >= 4 is 18.0 Å². The highest BCUT2D eigenvalue weighted by atomic mass is 16.4. The number of amides is 1. The Morgan fingerprint density at radius 3 is 2.41 bits per heavy atom. The third-order valence-electron chi connectivity index (χ3n) is 2.50. The first-order chi connectivity index (χ1) is 8.02. The molecule has 0 fully saturated rings. The molecule has 0 aromatic heterocycles. The molecule has 1 N–H and O–H groups in total. The largest absolute Gasteiger partial charge is 0.480 e. The molecule has 0 bridgehead atoms. The van der Waals surface area contributed by atoms with Crippen LogP contribution in [0.2, 0.25) is 0 Å². The van der Waals surface area contributed by atoms with Crippen LogP contribution in [0, 0.1) is 0 Å². The van der Waals surface area contributed by atoms with Gasteiger partial charge in [-0.25, -0.2) is 4.79 Å². The fraction of sp³-hybridized carbons (Fsp3) is 0.231. The van der Waals surface area contributed by atoms with Crippen LogP contribution in [-0.2, 0) is 9.59 Å². The number of carboxylic acids is 1. The second kappa shape index (κ2) is 5.84. The Hall–Kier alpha value is -2.10. The van der Waals surface area contributed by atoms with Crippen molar-refractivity contribution in [3.63, 3.8) is 0 Å². The van der Waals surface area contributed by atoms with Crippen LogP contribution in [0.5, 0.6) is 0 Å². The summed E-state index contributed by atoms with van der Waals surface area (Å²) in [5.74, 6) is -1.35. The molecule has 1 aromatic rings. The molecule has 4 nitrogen and oxygen atoms in total. The maximum atomic E-state index is 11.6. The van der Waals surface area contributed by atoms with Gasteiger partial charge >= 0.3 is 5.97 Å². The second-order valence-electron chi connectivity index (χ2n) is 3.71. The van der Waals surface area contributed by atoms with E-state index in [0.717, 1.165) is 5.56 Å². The smallest absolute Gasteiger partial charge is 0.326 e. The minimum atomic E-state index is -1.02. The maximum Gasteiger partial charge on any atom is 0.326 e. The normalized spacial score (nSPS) is 12.4. The number of carbonyl (C=O) groups is 2. The first kappa shape index (κ1) is 13.0. The van der Waals surface area contributed by atoms with E-state index in [2.05, 4.69) is 0 Å². The molecule has 17 heavy (non-hydrogen) atoms. The van der Waals surface area contributed by atoms with Gasteiger partial charge in [-0.3, -0.25) is 4.79 Å². The number of nitrogens with zero attached hydrogens (tertiary/aromatic N) is 1. The van der Waals surface area contributed by atoms with Gasteiger partial charge in [0.05, 0.1) is 0 Å². The summed E-state index contributed by atoms with van der Waals surface area (Å²) in [5.41, 5.74) is 0.900. The summed E-state index contributed by atoms with van der Waals surface area (Å²) in [6.07, 6.45) is 3.03. The van der Waals surface area contributed by atoms with Gasteiger partial charge in [0, 0.05) is 13.1 Å². The van der Waals surface area contributed by atoms with Gasteiger partial charge in [-0.2, -0.15) is 0 Å². The minimum absolute atomic E-state index is 0.330. The minimum Gasteiger partial charge on any atom is -0.480 e. The summed E-state index contributed by atoms with van der Waals surface area (Å²) in [5, 5.41) is 8.77. The van der Waals surface area contributed by atoms with Gasteiger partial charge in [0.15, 0.2) is 0 Å². The van der Waals surface area contributed by atoms with Crippen LogP contribution in [0.4, 0.5) is 0 Å². The molecule has 1 atom stereocenters. The number of benzene rings is 1. The number of carbonyl (C=O) groups excluding carboxylic acids is 1. The van der Waals surface area contributed by atoms with Crippen LogP contribution in [-0.4, -0.2) is 35.0 Å². The quantitative estimate of drug-likeness (QED) is 0.804. The number of hydrogen-bond acceptors (Lipinski definition) is 2. The zero-order valence-electron chi connectivity index (χ0n) is 9.83. The lowest BCUT2D eigenvalue weighted by atomic mass is 10.2. The molecule has 0 aliphatic rings. The van der Waals surface area contributed by atoms with E-state index in [1.54, 1.807) is 6.08 Å². The van der Waals surface area contributed by atoms with E-state index in [1.807, 2.05) is 30.3 Å². The van der Waals surface area contributed by atoms with E-state index in [4.69, 9.17) is 5.11 Å². The van der Waals surface area contributed by atoms with Crippen LogP contribution in [0.1, 0.15) is 12.5 Å². The van der Waals surface area contributed by atoms with E-state index in [1.165, 1.54) is 24.9 Å². The van der Waals surface area contributed by atoms with Crippen LogP contribution in [0.15, 0.2) is 36.4 Å². The fourth-order valence-corrected chi connectivity index (χ4v) is 1.21. The van der Waals surface area contributed by atoms with Crippen LogP contribution in [0.25, 0.3) is 6.08 Å². The number of carboxylic acid groups (broad SMARTS) is 1. The third-order valence-corrected chi connectivity index (χ3v) is 2.50. The highest BCUT2D eigenvalue weighted by molar-refractivity contribution is 5.94. The Morgan fingerprint density at radius 2 is 1.88 bits per heavy atom. The summed E-state index contributed by atoms with van der Waals surface area (Å²) < 4.78 is 0. The molecule has 1 rings (SSSR count). The molecule has 4 heteroatoms. The molecular formula is C13H15NO3. The number of aliphatic carboxylic acids is 1. The highest BCUT2D eigenvalue weighted by Gasteiger charge is 2.19. The molecule has 0 aliphatic heterocycles. The summed E-state index contributed by atoms with van der Waals surface area (Å²) in [4.78, 5) is 23.5. The van der Waals surface area contributed by atoms with Crippen LogP contribution < -0.4 is 0 Å². The molecular weight excluding hydrogens is 218 g/mol. The predicted octanol–water partition coefficient (Wildman–Crippen LogP) is 1.63. The molecule has 1 aromatic carbocycles. The standard InChI is InChI=1S/C13H15NO3/c1-10(13(16)17)14(2)12(15)9-8-11-6-4-3-5-7-11/h3-10H,1-2H3,(H,16,17). The van der Waals surface area contributed by atoms with Gasteiger partial charge in [0.2, 0.25) is 5.91 Å². The molecule has 0 aliphatic carbocycles. The van der Waals surface area contributed by atoms with E-state index >= 15 is 0 Å². The van der Waals surface area contributed by atoms with Crippen LogP contribution in [0.3, 0.4) is 0 Å². The lowest BCUT2D eigenvalue weighted by Crippen LogP contribution is -2.39. The summed E-state index contributed by atoms with van der Waals surface area (Å²) >= 11 is 0. The van der Waals surface area contributed by atoms with Gasteiger partial charge in [-0.05, 0) is 18.6 Å². The predicted molar refractivity (Wildman–Crippen MR) is 65.3 cm³/mol. The number of likely N-dealkylation sites (N-methyl/N-ethyl adjacent to an activating group) is 1. The Kier molecular flexibility index (Phi) is 4.46. The lowest BCUT2D eigenvalue weighted by Gasteiger charge is -2.19. The van der Waals surface area contributed by atoms with Crippen molar-refractivity contribution in [2.45, 2.75) is 13.0 Å². The number of hydrogen-bond donors (Lipinski definition) is 1. The fourth-order valence-electron chi connectivity index (χ4n) is 1.21. The Morgan fingerprint density at radius 1 is 1.29 bits per heavy atom. The van der Waals surface area contributed by atoms with Gasteiger partial charge in [-0.1, -0.05) is 30.3 Å². The van der Waals surface area contributed by atoms with Crippen LogP contribution >= 0.6 is 0 Å². The molecule has 0 spiro atoms. The molecule has 0 saturated heterocycles. The monoisotopic (exact) mass is 233 g/mol. The highest BCUT2D eigenvalue weighted by Crippen LogP contribution is 2.03. The zero-order valence-corrected chi connectivity index (χ0v) is 9.83. The van der Waals surface area contributed by atoms with Crippen molar-refractivity contribution < 1.29 is 14.7 Å². The van der Waals surface area contributed by atoms with Gasteiger partial charge in [0.25, 0.3) is 0 Å². The average Bonchev–Trinajstić information content (AvgIpc) is 2.35. The molecule has 90 valence electrons. The van der Waals surface area contributed by atoms with Crippen molar-refractivity contribution in [2.24, 2.45) is 0 Å². The molecule has 0 saturated carbocycles. The van der Waals surface area contributed by atoms with Gasteiger partial charge < -0.3 is 10.0 Å². The van der Waals surface area contributed by atoms with Crippen molar-refractivity contribution in [3.05, 3.63) is 42.0 Å². The summed E-state index contributed by atoms with van der Waals surface area (Å²) in [6.45, 7) is 1.47. The summed E-state index contributed by atoms with van der Waals surface area (Å²) in [6, 6.07) is 8.52. The molecule has 1 amide bonds. The van der Waals surface area contributed by atoms with Crippen molar-refractivity contribution in [1.29, 1.82) is 0 Å². The lowest BCUT2D eigenvalue weighted by molar-refractivity contribution is -0.146. The maximum absolute atomic E-state index is 11.6. The van der Waals surface area contributed by atoms with Crippen molar-refractivity contribution in [2.75, 3.05) is 7.05 Å². The topological polar surface area (TPSA) is 57.6 Å². The zero-order chi connectivity index (χ0) is 12.8. The summed E-state index contributed by atoms with van der Waals surface area (Å²) in [7, 11) is 1.47. The van der Waals surface area contributed by atoms with Crippen molar-refractivity contribution in [3.8, 4) is 0 Å². The van der Waals surface area contributed by atoms with Gasteiger partial charge in [0.1, 0.15) is 6.04 Å². The third kappa shape index (κ3) is 3.75. The first-order valence-corrected chi connectivity index (χ1v) is 5.25.